The van der Waals surface area contributed by atoms with Gasteiger partial charge in [-0.05, 0) is 6.42 Å². The highest BCUT2D eigenvalue weighted by atomic mass is 16.1. The van der Waals surface area contributed by atoms with Gasteiger partial charge in [-0.15, -0.1) is 0 Å². The number of rotatable bonds is 3. The van der Waals surface area contributed by atoms with Gasteiger partial charge in [0, 0.05) is 0 Å². The fourth-order valence-corrected chi connectivity index (χ4v) is 0.490. The topological polar surface area (TPSA) is 66.9 Å². The molecule has 0 aromatic rings. The molecule has 1 amide bonds. The third-order valence-corrected chi connectivity index (χ3v) is 1.02. The van der Waals surface area contributed by atoms with Gasteiger partial charge < -0.3 is 5.73 Å². The third-order valence-electron chi connectivity index (χ3n) is 1.02. The van der Waals surface area contributed by atoms with E-state index in [4.69, 9.17) is 11.0 Å². The van der Waals surface area contributed by atoms with Crippen molar-refractivity contribution >= 4 is 5.91 Å². The van der Waals surface area contributed by atoms with E-state index in [0.717, 1.165) is 12.8 Å². The average molecular weight is 138 g/mol. The molecule has 0 aliphatic rings. The fourth-order valence-electron chi connectivity index (χ4n) is 0.490. The highest BCUT2D eigenvalue weighted by Crippen LogP contribution is 1.95. The molecule has 0 unspecified atom stereocenters. The monoisotopic (exact) mass is 138 g/mol. The summed E-state index contributed by atoms with van der Waals surface area (Å²) < 4.78 is 0. The molecule has 10 heavy (non-hydrogen) atoms. The standard InChI is InChI=1S/C7H10N2O/c1-2-3-4-6(5-8)7(9)10/h4H,2-3H2,1H3,(H2,9,10)/b6-4+. The second-order valence-electron chi connectivity index (χ2n) is 1.88. The summed E-state index contributed by atoms with van der Waals surface area (Å²) in [4.78, 5) is 10.4. The van der Waals surface area contributed by atoms with Crippen molar-refractivity contribution in [3.63, 3.8) is 0 Å². The second kappa shape index (κ2) is 4.57. The maximum Gasteiger partial charge on any atom is 0.259 e. The van der Waals surface area contributed by atoms with Crippen molar-refractivity contribution < 1.29 is 4.79 Å². The molecule has 0 heterocycles. The average Bonchev–Trinajstić information content (AvgIpc) is 1.89. The van der Waals surface area contributed by atoms with E-state index < -0.39 is 5.91 Å². The Balaban J connectivity index is 4.09. The molecule has 3 nitrogen and oxygen atoms in total. The zero-order chi connectivity index (χ0) is 7.98. The largest absolute Gasteiger partial charge is 0.365 e. The van der Waals surface area contributed by atoms with Gasteiger partial charge in [-0.2, -0.15) is 5.26 Å². The lowest BCUT2D eigenvalue weighted by Gasteiger charge is -1.88. The normalized spacial score (nSPS) is 10.6. The summed E-state index contributed by atoms with van der Waals surface area (Å²) >= 11 is 0. The highest BCUT2D eigenvalue weighted by Gasteiger charge is 1.99. The van der Waals surface area contributed by atoms with Crippen molar-refractivity contribution in [1.82, 2.24) is 0 Å². The van der Waals surface area contributed by atoms with Crippen LogP contribution in [0.25, 0.3) is 0 Å². The van der Waals surface area contributed by atoms with Crippen LogP contribution in [0.2, 0.25) is 0 Å². The molecule has 0 saturated heterocycles. The summed E-state index contributed by atoms with van der Waals surface area (Å²) in [6.45, 7) is 1.96. The van der Waals surface area contributed by atoms with E-state index in [9.17, 15) is 4.79 Å². The smallest absolute Gasteiger partial charge is 0.259 e. The van der Waals surface area contributed by atoms with Crippen LogP contribution in [0, 0.1) is 11.3 Å². The number of hydrogen-bond donors (Lipinski definition) is 1. The molecule has 0 spiro atoms. The molecule has 0 atom stereocenters. The number of carbonyl (C=O) groups excluding carboxylic acids is 1. The Morgan fingerprint density at radius 2 is 2.40 bits per heavy atom. The van der Waals surface area contributed by atoms with Crippen LogP contribution in [0.3, 0.4) is 0 Å². The van der Waals surface area contributed by atoms with Crippen LogP contribution in [-0.2, 0) is 4.79 Å². The summed E-state index contributed by atoms with van der Waals surface area (Å²) in [7, 11) is 0. The van der Waals surface area contributed by atoms with Crippen LogP contribution >= 0.6 is 0 Å². The molecule has 0 radical (unpaired) electrons. The summed E-state index contributed by atoms with van der Waals surface area (Å²) in [6.07, 6.45) is 3.20. The fraction of sp³-hybridized carbons (Fsp3) is 0.429. The SMILES string of the molecule is CCC/C=C(\C#N)C(N)=O. The van der Waals surface area contributed by atoms with Gasteiger partial charge in [0.1, 0.15) is 11.6 Å². The van der Waals surface area contributed by atoms with Crippen molar-refractivity contribution in [2.75, 3.05) is 0 Å². The lowest BCUT2D eigenvalue weighted by Crippen LogP contribution is -2.12. The van der Waals surface area contributed by atoms with Gasteiger partial charge in [0.25, 0.3) is 5.91 Å². The predicted molar refractivity (Wildman–Crippen MR) is 37.8 cm³/mol. The second-order valence-corrected chi connectivity index (χ2v) is 1.88. The van der Waals surface area contributed by atoms with Crippen molar-refractivity contribution in [3.8, 4) is 6.07 Å². The van der Waals surface area contributed by atoms with Crippen LogP contribution in [0.1, 0.15) is 19.8 Å². The van der Waals surface area contributed by atoms with Gasteiger partial charge >= 0.3 is 0 Å². The number of hydrogen-bond acceptors (Lipinski definition) is 2. The third kappa shape index (κ3) is 2.88. The van der Waals surface area contributed by atoms with Crippen molar-refractivity contribution in [1.29, 1.82) is 5.26 Å². The molecule has 0 aliphatic carbocycles. The molecule has 0 saturated carbocycles. The summed E-state index contributed by atoms with van der Waals surface area (Å²) in [6, 6.07) is 1.72. The Kier molecular flexibility index (Phi) is 3.97. The van der Waals surface area contributed by atoms with Gasteiger partial charge in [0.15, 0.2) is 0 Å². The van der Waals surface area contributed by atoms with Gasteiger partial charge in [0.05, 0.1) is 0 Å². The first-order valence-corrected chi connectivity index (χ1v) is 3.12. The van der Waals surface area contributed by atoms with E-state index in [-0.39, 0.29) is 5.57 Å². The summed E-state index contributed by atoms with van der Waals surface area (Å²) in [5.41, 5.74) is 4.92. The lowest BCUT2D eigenvalue weighted by molar-refractivity contribution is -0.114. The van der Waals surface area contributed by atoms with Crippen LogP contribution in [0.4, 0.5) is 0 Å². The van der Waals surface area contributed by atoms with E-state index in [1.165, 1.54) is 0 Å². The number of amides is 1. The van der Waals surface area contributed by atoms with Gasteiger partial charge in [-0.3, -0.25) is 4.79 Å². The molecule has 0 aromatic heterocycles. The number of nitrogens with two attached hydrogens (primary N) is 1. The van der Waals surface area contributed by atoms with Crippen LogP contribution in [0.15, 0.2) is 11.6 Å². The molecular formula is C7H10N2O. The zero-order valence-electron chi connectivity index (χ0n) is 5.92. The first-order chi connectivity index (χ1) is 4.72. The zero-order valence-corrected chi connectivity index (χ0v) is 5.92. The molecular weight excluding hydrogens is 128 g/mol. The van der Waals surface area contributed by atoms with Crippen LogP contribution in [0.5, 0.6) is 0 Å². The van der Waals surface area contributed by atoms with Crippen molar-refractivity contribution in [2.24, 2.45) is 5.73 Å². The summed E-state index contributed by atoms with van der Waals surface area (Å²) in [5, 5.41) is 8.30. The maximum atomic E-state index is 10.4. The molecule has 0 aromatic carbocycles. The lowest BCUT2D eigenvalue weighted by atomic mass is 10.2. The molecule has 0 fully saturated rings. The highest BCUT2D eigenvalue weighted by molar-refractivity contribution is 5.95. The number of nitrogens with zero attached hydrogens (tertiary/aromatic N) is 1. The molecule has 3 heteroatoms. The van der Waals surface area contributed by atoms with E-state index in [1.807, 2.05) is 6.92 Å². The van der Waals surface area contributed by atoms with Crippen LogP contribution < -0.4 is 5.73 Å². The molecule has 0 aliphatic heterocycles. The van der Waals surface area contributed by atoms with Crippen molar-refractivity contribution in [2.45, 2.75) is 19.8 Å². The van der Waals surface area contributed by atoms with E-state index in [0.29, 0.717) is 0 Å². The number of allylic oxidation sites excluding steroid dienone is 1. The van der Waals surface area contributed by atoms with Gasteiger partial charge in [0.2, 0.25) is 0 Å². The van der Waals surface area contributed by atoms with Gasteiger partial charge in [-0.1, -0.05) is 19.4 Å². The van der Waals surface area contributed by atoms with E-state index in [2.05, 4.69) is 0 Å². The Hall–Kier alpha value is -1.30. The summed E-state index contributed by atoms with van der Waals surface area (Å²) in [5.74, 6) is -0.643. The maximum absolute atomic E-state index is 10.4. The Morgan fingerprint density at radius 1 is 1.80 bits per heavy atom. The number of unbranched alkanes of at least 4 members (excludes halogenated alkanes) is 1. The van der Waals surface area contributed by atoms with Crippen molar-refractivity contribution in [3.05, 3.63) is 11.6 Å². The molecule has 0 bridgehead atoms. The predicted octanol–water partition coefficient (Wildman–Crippen LogP) is 0.722. The van der Waals surface area contributed by atoms with E-state index in [1.54, 1.807) is 12.1 Å². The number of nitriles is 1. The Bertz CT molecular complexity index is 188. The quantitative estimate of drug-likeness (QED) is 0.461. The first kappa shape index (κ1) is 8.70. The number of carbonyl (C=O) groups is 1. The minimum Gasteiger partial charge on any atom is -0.365 e. The molecule has 0 rings (SSSR count). The minimum atomic E-state index is -0.643. The minimum absolute atomic E-state index is 0.0573. The Morgan fingerprint density at radius 3 is 2.70 bits per heavy atom. The molecule has 54 valence electrons. The first-order valence-electron chi connectivity index (χ1n) is 3.12. The molecule has 2 N–H and O–H groups in total. The van der Waals surface area contributed by atoms with Gasteiger partial charge in [-0.25, -0.2) is 0 Å². The van der Waals surface area contributed by atoms with E-state index >= 15 is 0 Å². The Labute approximate surface area is 60.1 Å². The number of primary amides is 1. The van der Waals surface area contributed by atoms with Crippen LogP contribution in [-0.4, -0.2) is 5.91 Å².